The van der Waals surface area contributed by atoms with Crippen LogP contribution >= 0.6 is 0 Å². The number of nitrogens with one attached hydrogen (secondary N) is 2. The number of aliphatic hydroxyl groups excluding tert-OH is 1. The van der Waals surface area contributed by atoms with Crippen molar-refractivity contribution in [2.24, 2.45) is 5.92 Å². The van der Waals surface area contributed by atoms with Crippen molar-refractivity contribution in [1.82, 2.24) is 10.6 Å². The Labute approximate surface area is 114 Å². The predicted molar refractivity (Wildman–Crippen MR) is 74.7 cm³/mol. The minimum atomic E-state index is -0.224. The Hall–Kier alpha value is -1.55. The molecule has 0 radical (unpaired) electrons. The molecule has 2 atom stereocenters. The molecule has 2 rings (SSSR count). The van der Waals surface area contributed by atoms with Crippen LogP contribution in [0.4, 0.5) is 4.79 Å². The standard InChI is InChI=1S/C15H22N2O2/c1-11(10-18)16-15(19)17-14(13-8-5-9-13)12-6-3-2-4-7-12/h2-4,6-7,11,13-14,18H,5,8-10H2,1H3,(H2,16,17,19). The maximum Gasteiger partial charge on any atom is 0.315 e. The fourth-order valence-electron chi connectivity index (χ4n) is 2.36. The van der Waals surface area contributed by atoms with E-state index in [2.05, 4.69) is 22.8 Å². The lowest BCUT2D eigenvalue weighted by Gasteiger charge is -2.34. The van der Waals surface area contributed by atoms with Gasteiger partial charge in [0.15, 0.2) is 0 Å². The Morgan fingerprint density at radius 3 is 2.53 bits per heavy atom. The second-order valence-electron chi connectivity index (χ2n) is 5.28. The second-order valence-corrected chi connectivity index (χ2v) is 5.28. The van der Waals surface area contributed by atoms with Gasteiger partial charge in [-0.25, -0.2) is 4.79 Å². The van der Waals surface area contributed by atoms with Gasteiger partial charge in [-0.3, -0.25) is 0 Å². The van der Waals surface area contributed by atoms with Gasteiger partial charge in [-0.2, -0.15) is 0 Å². The van der Waals surface area contributed by atoms with Crippen LogP contribution in [0.3, 0.4) is 0 Å². The Bertz CT molecular complexity index is 404. The molecular formula is C15H22N2O2. The van der Waals surface area contributed by atoms with Crippen LogP contribution in [0.15, 0.2) is 30.3 Å². The number of rotatable bonds is 5. The van der Waals surface area contributed by atoms with Crippen molar-refractivity contribution < 1.29 is 9.90 Å². The summed E-state index contributed by atoms with van der Waals surface area (Å²) in [6.45, 7) is 1.73. The van der Waals surface area contributed by atoms with Crippen LogP contribution in [-0.4, -0.2) is 23.8 Å². The van der Waals surface area contributed by atoms with Crippen molar-refractivity contribution in [3.8, 4) is 0 Å². The van der Waals surface area contributed by atoms with Gasteiger partial charge in [-0.05, 0) is 31.2 Å². The zero-order chi connectivity index (χ0) is 13.7. The summed E-state index contributed by atoms with van der Waals surface area (Å²) >= 11 is 0. The van der Waals surface area contributed by atoms with Crippen LogP contribution in [0.5, 0.6) is 0 Å². The monoisotopic (exact) mass is 262 g/mol. The minimum absolute atomic E-state index is 0.0488. The third kappa shape index (κ3) is 3.70. The quantitative estimate of drug-likeness (QED) is 0.762. The van der Waals surface area contributed by atoms with Crippen LogP contribution in [0.2, 0.25) is 0 Å². The molecule has 1 fully saturated rings. The van der Waals surface area contributed by atoms with E-state index in [1.807, 2.05) is 18.2 Å². The van der Waals surface area contributed by atoms with Gasteiger partial charge in [0.05, 0.1) is 18.7 Å². The van der Waals surface area contributed by atoms with E-state index in [0.29, 0.717) is 5.92 Å². The normalized spacial score (nSPS) is 18.2. The van der Waals surface area contributed by atoms with E-state index in [1.54, 1.807) is 6.92 Å². The molecule has 1 aliphatic carbocycles. The molecule has 4 heteroatoms. The second kappa shape index (κ2) is 6.57. The summed E-state index contributed by atoms with van der Waals surface area (Å²) in [5.41, 5.74) is 1.15. The first-order valence-electron chi connectivity index (χ1n) is 6.93. The molecule has 0 saturated heterocycles. The molecule has 1 aliphatic rings. The molecule has 1 aromatic carbocycles. The Balaban J connectivity index is 2.00. The predicted octanol–water partition coefficient (Wildman–Crippen LogP) is 2.21. The lowest BCUT2D eigenvalue weighted by molar-refractivity contribution is 0.197. The highest BCUT2D eigenvalue weighted by atomic mass is 16.3. The molecule has 1 saturated carbocycles. The van der Waals surface area contributed by atoms with E-state index in [1.165, 1.54) is 6.42 Å². The summed E-state index contributed by atoms with van der Waals surface area (Å²) in [4.78, 5) is 11.9. The van der Waals surface area contributed by atoms with E-state index in [-0.39, 0.29) is 24.7 Å². The van der Waals surface area contributed by atoms with Crippen molar-refractivity contribution in [3.05, 3.63) is 35.9 Å². The Kier molecular flexibility index (Phi) is 4.80. The van der Waals surface area contributed by atoms with Gasteiger partial charge in [-0.1, -0.05) is 36.8 Å². The number of urea groups is 1. The first-order valence-corrected chi connectivity index (χ1v) is 6.93. The van der Waals surface area contributed by atoms with Crippen LogP contribution < -0.4 is 10.6 Å². The molecule has 0 aliphatic heterocycles. The molecule has 0 heterocycles. The zero-order valence-electron chi connectivity index (χ0n) is 11.3. The lowest BCUT2D eigenvalue weighted by atomic mass is 9.77. The summed E-state index contributed by atoms with van der Waals surface area (Å²) in [5, 5.41) is 14.7. The van der Waals surface area contributed by atoms with E-state index in [4.69, 9.17) is 5.11 Å². The SMILES string of the molecule is CC(CO)NC(=O)NC(c1ccccc1)C1CCC1. The van der Waals surface area contributed by atoms with E-state index >= 15 is 0 Å². The third-order valence-electron chi connectivity index (χ3n) is 3.72. The maximum atomic E-state index is 11.9. The maximum absolute atomic E-state index is 11.9. The summed E-state index contributed by atoms with van der Waals surface area (Å²) in [6.07, 6.45) is 3.56. The van der Waals surface area contributed by atoms with Crippen molar-refractivity contribution >= 4 is 6.03 Å². The largest absolute Gasteiger partial charge is 0.394 e. The third-order valence-corrected chi connectivity index (χ3v) is 3.72. The number of carbonyl (C=O) groups is 1. The fraction of sp³-hybridized carbons (Fsp3) is 0.533. The minimum Gasteiger partial charge on any atom is -0.394 e. The summed E-state index contributed by atoms with van der Waals surface area (Å²) in [7, 11) is 0. The number of benzene rings is 1. The van der Waals surface area contributed by atoms with Crippen molar-refractivity contribution in [3.63, 3.8) is 0 Å². The number of carbonyl (C=O) groups excluding carboxylic acids is 1. The van der Waals surface area contributed by atoms with E-state index < -0.39 is 0 Å². The summed E-state index contributed by atoms with van der Waals surface area (Å²) < 4.78 is 0. The molecular weight excluding hydrogens is 240 g/mol. The van der Waals surface area contributed by atoms with Crippen molar-refractivity contribution in [2.45, 2.75) is 38.3 Å². The van der Waals surface area contributed by atoms with Gasteiger partial charge in [0.1, 0.15) is 0 Å². The molecule has 0 bridgehead atoms. The molecule has 1 aromatic rings. The zero-order valence-corrected chi connectivity index (χ0v) is 11.3. The number of amides is 2. The van der Waals surface area contributed by atoms with E-state index in [9.17, 15) is 4.79 Å². The van der Waals surface area contributed by atoms with Gasteiger partial charge in [0.25, 0.3) is 0 Å². The molecule has 2 unspecified atom stereocenters. The lowest BCUT2D eigenvalue weighted by Crippen LogP contribution is -2.46. The fourth-order valence-corrected chi connectivity index (χ4v) is 2.36. The molecule has 19 heavy (non-hydrogen) atoms. The van der Waals surface area contributed by atoms with Gasteiger partial charge in [0.2, 0.25) is 0 Å². The molecule has 0 spiro atoms. The van der Waals surface area contributed by atoms with Crippen LogP contribution in [0, 0.1) is 5.92 Å². The van der Waals surface area contributed by atoms with Gasteiger partial charge in [-0.15, -0.1) is 0 Å². The summed E-state index contributed by atoms with van der Waals surface area (Å²) in [5.74, 6) is 0.526. The smallest absolute Gasteiger partial charge is 0.315 e. The molecule has 4 nitrogen and oxygen atoms in total. The van der Waals surface area contributed by atoms with E-state index in [0.717, 1.165) is 18.4 Å². The number of hydrogen-bond acceptors (Lipinski definition) is 2. The Morgan fingerprint density at radius 1 is 1.32 bits per heavy atom. The average molecular weight is 262 g/mol. The first kappa shape index (κ1) is 13.9. The number of hydrogen-bond donors (Lipinski definition) is 3. The van der Waals surface area contributed by atoms with Crippen LogP contribution in [0.1, 0.15) is 37.8 Å². The average Bonchev–Trinajstić information content (AvgIpc) is 2.36. The van der Waals surface area contributed by atoms with Gasteiger partial charge < -0.3 is 15.7 Å². The van der Waals surface area contributed by atoms with Gasteiger partial charge in [0, 0.05) is 0 Å². The number of aliphatic hydroxyl groups is 1. The molecule has 0 aromatic heterocycles. The highest BCUT2D eigenvalue weighted by Crippen LogP contribution is 2.37. The molecule has 3 N–H and O–H groups in total. The highest BCUT2D eigenvalue weighted by Gasteiger charge is 2.29. The van der Waals surface area contributed by atoms with Crippen LogP contribution in [-0.2, 0) is 0 Å². The Morgan fingerprint density at radius 2 is 2.00 bits per heavy atom. The molecule has 2 amide bonds. The first-order chi connectivity index (χ1) is 9.20. The topological polar surface area (TPSA) is 61.4 Å². The van der Waals surface area contributed by atoms with Crippen molar-refractivity contribution in [1.29, 1.82) is 0 Å². The molecule has 104 valence electrons. The van der Waals surface area contributed by atoms with Crippen LogP contribution in [0.25, 0.3) is 0 Å². The highest BCUT2D eigenvalue weighted by molar-refractivity contribution is 5.74. The summed E-state index contributed by atoms with van der Waals surface area (Å²) in [6, 6.07) is 9.72. The van der Waals surface area contributed by atoms with Crippen molar-refractivity contribution in [2.75, 3.05) is 6.61 Å². The van der Waals surface area contributed by atoms with Gasteiger partial charge >= 0.3 is 6.03 Å².